The second kappa shape index (κ2) is 5.87. The molecule has 0 amide bonds. The van der Waals surface area contributed by atoms with Gasteiger partial charge in [-0.3, -0.25) is 0 Å². The van der Waals surface area contributed by atoms with Crippen molar-refractivity contribution in [2.24, 2.45) is 5.92 Å². The van der Waals surface area contributed by atoms with Gasteiger partial charge in [0.05, 0.1) is 10.6 Å². The third-order valence-electron chi connectivity index (χ3n) is 3.40. The molecule has 7 heteroatoms. The van der Waals surface area contributed by atoms with Crippen LogP contribution in [0, 0.1) is 5.92 Å². The van der Waals surface area contributed by atoms with Gasteiger partial charge in [-0.1, -0.05) is 12.1 Å². The molecule has 1 heterocycles. The zero-order valence-corrected chi connectivity index (χ0v) is 11.5. The molecular formula is C13H15F2NO3S. The summed E-state index contributed by atoms with van der Waals surface area (Å²) < 4.78 is 48.9. The second-order valence-corrected chi connectivity index (χ2v) is 6.64. The summed E-state index contributed by atoms with van der Waals surface area (Å²) in [7, 11) is -4.64. The molecule has 0 aliphatic carbocycles. The second-order valence-electron chi connectivity index (χ2n) is 4.76. The average Bonchev–Trinajstić information content (AvgIpc) is 2.47. The van der Waals surface area contributed by atoms with Crippen LogP contribution in [0.1, 0.15) is 12.8 Å². The smallest absolute Gasteiger partial charge is 0.341 e. The van der Waals surface area contributed by atoms with E-state index < -0.39 is 15.6 Å². The first-order valence-electron chi connectivity index (χ1n) is 6.28. The molecule has 0 radical (unpaired) electrons. The highest BCUT2D eigenvalue weighted by molar-refractivity contribution is 7.91. The fourth-order valence-corrected chi connectivity index (χ4v) is 3.34. The Morgan fingerprint density at radius 1 is 1.30 bits per heavy atom. The number of para-hydroxylation sites is 1. The van der Waals surface area contributed by atoms with E-state index >= 15 is 0 Å². The van der Waals surface area contributed by atoms with E-state index in [1.807, 2.05) is 0 Å². The lowest BCUT2D eigenvalue weighted by Gasteiger charge is -2.33. The Balaban J connectivity index is 2.40. The highest BCUT2D eigenvalue weighted by Crippen LogP contribution is 2.31. The van der Waals surface area contributed by atoms with E-state index in [9.17, 15) is 22.0 Å². The van der Waals surface area contributed by atoms with Crippen LogP contribution in [0.2, 0.25) is 0 Å². The number of carbonyl (C=O) groups excluding carboxylic acids is 1. The quantitative estimate of drug-likeness (QED) is 0.799. The third kappa shape index (κ3) is 2.82. The number of benzene rings is 1. The van der Waals surface area contributed by atoms with E-state index in [1.54, 1.807) is 11.0 Å². The molecule has 1 aromatic rings. The van der Waals surface area contributed by atoms with Crippen LogP contribution >= 0.6 is 0 Å². The van der Waals surface area contributed by atoms with Gasteiger partial charge in [0.2, 0.25) is 9.84 Å². The molecule has 1 unspecified atom stereocenters. The molecule has 0 aromatic heterocycles. The predicted molar refractivity (Wildman–Crippen MR) is 70.6 cm³/mol. The molecule has 20 heavy (non-hydrogen) atoms. The fraction of sp³-hybridized carbons (Fsp3) is 0.462. The van der Waals surface area contributed by atoms with Gasteiger partial charge in [0.15, 0.2) is 0 Å². The first-order valence-corrected chi connectivity index (χ1v) is 7.82. The van der Waals surface area contributed by atoms with Crippen molar-refractivity contribution in [1.29, 1.82) is 0 Å². The van der Waals surface area contributed by atoms with Crippen LogP contribution in [0.25, 0.3) is 0 Å². The molecule has 1 aromatic carbocycles. The molecule has 110 valence electrons. The van der Waals surface area contributed by atoms with Crippen molar-refractivity contribution in [3.63, 3.8) is 0 Å². The van der Waals surface area contributed by atoms with Crippen LogP contribution in [0.15, 0.2) is 29.2 Å². The van der Waals surface area contributed by atoms with Gasteiger partial charge in [-0.05, 0) is 25.0 Å². The zero-order chi connectivity index (χ0) is 14.8. The van der Waals surface area contributed by atoms with Crippen LogP contribution in [0.5, 0.6) is 0 Å². The highest BCUT2D eigenvalue weighted by Gasteiger charge is 2.31. The van der Waals surface area contributed by atoms with E-state index in [2.05, 4.69) is 0 Å². The molecule has 0 saturated carbocycles. The SMILES string of the molecule is O=CC1CCCN(c2ccccc2S(=O)(=O)C(F)F)C1. The minimum absolute atomic E-state index is 0.189. The van der Waals surface area contributed by atoms with Crippen molar-refractivity contribution in [3.8, 4) is 0 Å². The number of anilines is 1. The monoisotopic (exact) mass is 303 g/mol. The standard InChI is InChI=1S/C13H15F2NO3S/c14-13(15)20(18,19)12-6-2-1-5-11(12)16-7-3-4-10(8-16)9-17/h1-2,5-6,9-10,13H,3-4,7-8H2. The van der Waals surface area contributed by atoms with Crippen molar-refractivity contribution in [2.45, 2.75) is 23.5 Å². The molecule has 1 aliphatic rings. The van der Waals surface area contributed by atoms with Crippen molar-refractivity contribution in [3.05, 3.63) is 24.3 Å². The summed E-state index contributed by atoms with van der Waals surface area (Å²) >= 11 is 0. The topological polar surface area (TPSA) is 54.5 Å². The Labute approximate surface area is 116 Å². The lowest BCUT2D eigenvalue weighted by Crippen LogP contribution is -2.37. The summed E-state index contributed by atoms with van der Waals surface area (Å²) in [6, 6.07) is 5.70. The number of sulfone groups is 1. The number of hydrogen-bond donors (Lipinski definition) is 0. The molecule has 1 aliphatic heterocycles. The number of nitrogens with zero attached hydrogens (tertiary/aromatic N) is 1. The van der Waals surface area contributed by atoms with E-state index in [-0.39, 0.29) is 16.5 Å². The Morgan fingerprint density at radius 2 is 2.00 bits per heavy atom. The maximum atomic E-state index is 12.7. The molecule has 2 rings (SSSR count). The van der Waals surface area contributed by atoms with Crippen LogP contribution in [0.3, 0.4) is 0 Å². The minimum Gasteiger partial charge on any atom is -0.370 e. The summed E-state index contributed by atoms with van der Waals surface area (Å²) in [5.74, 6) is -3.64. The maximum absolute atomic E-state index is 12.7. The number of alkyl halides is 2. The van der Waals surface area contributed by atoms with E-state index in [4.69, 9.17) is 0 Å². The lowest BCUT2D eigenvalue weighted by molar-refractivity contribution is -0.111. The summed E-state index contributed by atoms with van der Waals surface area (Å²) in [6.07, 6.45) is 2.30. The Morgan fingerprint density at radius 3 is 2.65 bits per heavy atom. The number of hydrogen-bond acceptors (Lipinski definition) is 4. The molecule has 0 bridgehead atoms. The van der Waals surface area contributed by atoms with Gasteiger partial charge in [-0.2, -0.15) is 8.78 Å². The molecular weight excluding hydrogens is 288 g/mol. The molecule has 1 saturated heterocycles. The van der Waals surface area contributed by atoms with E-state index in [1.165, 1.54) is 18.2 Å². The van der Waals surface area contributed by atoms with Crippen molar-refractivity contribution in [1.82, 2.24) is 0 Å². The van der Waals surface area contributed by atoms with Crippen molar-refractivity contribution < 1.29 is 22.0 Å². The highest BCUT2D eigenvalue weighted by atomic mass is 32.2. The Hall–Kier alpha value is -1.50. The minimum atomic E-state index is -4.64. The Bertz CT molecular complexity index is 589. The first kappa shape index (κ1) is 14.9. The molecule has 1 fully saturated rings. The van der Waals surface area contributed by atoms with Gasteiger partial charge >= 0.3 is 5.76 Å². The van der Waals surface area contributed by atoms with Gasteiger partial charge in [0, 0.05) is 19.0 Å². The summed E-state index contributed by atoms with van der Waals surface area (Å²) in [6.45, 7) is 0.916. The lowest BCUT2D eigenvalue weighted by atomic mass is 9.99. The zero-order valence-electron chi connectivity index (χ0n) is 10.7. The number of rotatable bonds is 4. The van der Waals surface area contributed by atoms with Crippen LogP contribution < -0.4 is 4.90 Å². The van der Waals surface area contributed by atoms with Gasteiger partial charge in [0.25, 0.3) is 0 Å². The Kier molecular flexibility index (Phi) is 4.37. The molecule has 4 nitrogen and oxygen atoms in total. The predicted octanol–water partition coefficient (Wildman–Crippen LogP) is 2.10. The number of carbonyl (C=O) groups is 1. The van der Waals surface area contributed by atoms with Crippen LogP contribution in [-0.2, 0) is 14.6 Å². The molecule has 0 N–H and O–H groups in total. The number of aldehydes is 1. The molecule has 0 spiro atoms. The number of piperidine rings is 1. The van der Waals surface area contributed by atoms with Gasteiger partial charge < -0.3 is 9.69 Å². The van der Waals surface area contributed by atoms with E-state index in [0.29, 0.717) is 13.1 Å². The van der Waals surface area contributed by atoms with Gasteiger partial charge in [-0.25, -0.2) is 8.42 Å². The summed E-state index contributed by atoms with van der Waals surface area (Å²) in [5.41, 5.74) is 0.249. The van der Waals surface area contributed by atoms with Gasteiger partial charge in [0.1, 0.15) is 6.29 Å². The largest absolute Gasteiger partial charge is 0.370 e. The van der Waals surface area contributed by atoms with Crippen molar-refractivity contribution >= 4 is 21.8 Å². The number of halogens is 2. The fourth-order valence-electron chi connectivity index (χ4n) is 2.39. The van der Waals surface area contributed by atoms with Gasteiger partial charge in [-0.15, -0.1) is 0 Å². The first-order chi connectivity index (χ1) is 9.46. The van der Waals surface area contributed by atoms with Crippen LogP contribution in [0.4, 0.5) is 14.5 Å². The summed E-state index contributed by atoms with van der Waals surface area (Å²) in [4.78, 5) is 12.2. The maximum Gasteiger partial charge on any atom is 0.341 e. The third-order valence-corrected chi connectivity index (χ3v) is 4.82. The molecule has 1 atom stereocenters. The van der Waals surface area contributed by atoms with E-state index in [0.717, 1.165) is 19.1 Å². The average molecular weight is 303 g/mol. The van der Waals surface area contributed by atoms with Crippen LogP contribution in [-0.4, -0.2) is 33.6 Å². The normalized spacial score (nSPS) is 20.1. The van der Waals surface area contributed by atoms with Crippen molar-refractivity contribution in [2.75, 3.05) is 18.0 Å². The summed E-state index contributed by atoms with van der Waals surface area (Å²) in [5, 5.41) is 0.